The van der Waals surface area contributed by atoms with Gasteiger partial charge in [-0.05, 0) is 22.9 Å². The molecule has 0 unspecified atom stereocenters. The summed E-state index contributed by atoms with van der Waals surface area (Å²) >= 11 is 0. The van der Waals surface area contributed by atoms with Crippen LogP contribution in [0.2, 0.25) is 0 Å². The Morgan fingerprint density at radius 2 is 2.40 bits per heavy atom. The predicted octanol–water partition coefficient (Wildman–Crippen LogP) is 0.803. The Bertz CT molecular complexity index is 672. The number of nitrogens with zero attached hydrogens (tertiary/aromatic N) is 4. The summed E-state index contributed by atoms with van der Waals surface area (Å²) in [4.78, 5) is 10.6. The first kappa shape index (κ1) is 13.2. The van der Waals surface area contributed by atoms with E-state index in [9.17, 15) is 4.79 Å². The number of hydrogen-bond donors (Lipinski definition) is 3. The first-order valence-corrected chi connectivity index (χ1v) is 5.60. The van der Waals surface area contributed by atoms with Gasteiger partial charge in [0.2, 0.25) is 5.82 Å². The molecule has 1 heterocycles. The van der Waals surface area contributed by atoms with E-state index in [1.165, 1.54) is 6.20 Å². The molecule has 0 aliphatic heterocycles. The fourth-order valence-electron chi connectivity index (χ4n) is 1.52. The molecule has 0 fully saturated rings. The number of aliphatic carboxylic acids is 1. The standard InChI is InChI=1S/C12H10N6O2/c13-6-9(12-15-17-18-16-12)7-14-10-3-1-2-8(4-10)5-11(19)20/h1-4,7,14H,5H2,(H,19,20)(H,15,16,17,18). The van der Waals surface area contributed by atoms with E-state index >= 15 is 0 Å². The van der Waals surface area contributed by atoms with Gasteiger partial charge in [-0.3, -0.25) is 4.79 Å². The molecular weight excluding hydrogens is 260 g/mol. The number of carboxylic acids is 1. The highest BCUT2D eigenvalue weighted by molar-refractivity contribution is 5.74. The number of allylic oxidation sites excluding steroid dienone is 1. The van der Waals surface area contributed by atoms with Crippen LogP contribution in [-0.2, 0) is 11.2 Å². The number of nitrogens with one attached hydrogen (secondary N) is 2. The van der Waals surface area contributed by atoms with Crippen LogP contribution < -0.4 is 5.32 Å². The molecule has 0 saturated carbocycles. The zero-order valence-electron chi connectivity index (χ0n) is 10.2. The van der Waals surface area contributed by atoms with Crippen molar-refractivity contribution in [1.82, 2.24) is 20.6 Å². The number of hydrogen-bond acceptors (Lipinski definition) is 6. The van der Waals surface area contributed by atoms with E-state index in [-0.39, 0.29) is 17.8 Å². The highest BCUT2D eigenvalue weighted by Gasteiger charge is 2.05. The molecule has 0 amide bonds. The number of carbonyl (C=O) groups is 1. The maximum Gasteiger partial charge on any atom is 0.307 e. The summed E-state index contributed by atoms with van der Waals surface area (Å²) in [6, 6.07) is 8.84. The second kappa shape index (κ2) is 6.10. The Morgan fingerprint density at radius 3 is 3.05 bits per heavy atom. The number of aromatic amines is 1. The van der Waals surface area contributed by atoms with Gasteiger partial charge in [0.05, 0.1) is 6.42 Å². The highest BCUT2D eigenvalue weighted by atomic mass is 16.4. The molecule has 0 bridgehead atoms. The van der Waals surface area contributed by atoms with Crippen molar-refractivity contribution in [3.05, 3.63) is 41.9 Å². The van der Waals surface area contributed by atoms with Gasteiger partial charge in [-0.1, -0.05) is 12.1 Å². The predicted molar refractivity (Wildman–Crippen MR) is 69.2 cm³/mol. The number of H-pyrrole nitrogens is 1. The van der Waals surface area contributed by atoms with Crippen molar-refractivity contribution >= 4 is 17.2 Å². The fraction of sp³-hybridized carbons (Fsp3) is 0.0833. The number of benzene rings is 1. The second-order valence-corrected chi connectivity index (χ2v) is 3.82. The van der Waals surface area contributed by atoms with E-state index in [1.54, 1.807) is 24.3 Å². The number of aromatic nitrogens is 4. The molecular formula is C12H10N6O2. The first-order chi connectivity index (χ1) is 9.69. The minimum absolute atomic E-state index is 0.0603. The van der Waals surface area contributed by atoms with Gasteiger partial charge in [-0.15, -0.1) is 10.2 Å². The molecule has 100 valence electrons. The van der Waals surface area contributed by atoms with Gasteiger partial charge in [0.15, 0.2) is 0 Å². The SMILES string of the molecule is N#CC(=CNc1cccc(CC(=O)O)c1)c1nn[nH]n1. The molecule has 2 rings (SSSR count). The molecule has 2 aromatic rings. The molecule has 20 heavy (non-hydrogen) atoms. The zero-order chi connectivity index (χ0) is 14.4. The maximum atomic E-state index is 10.6. The average molecular weight is 270 g/mol. The van der Waals surface area contributed by atoms with Gasteiger partial charge < -0.3 is 10.4 Å². The van der Waals surface area contributed by atoms with Crippen molar-refractivity contribution < 1.29 is 9.90 Å². The summed E-state index contributed by atoms with van der Waals surface area (Å²) in [5.74, 6) is -0.719. The lowest BCUT2D eigenvalue weighted by molar-refractivity contribution is -0.136. The molecule has 0 radical (unpaired) electrons. The average Bonchev–Trinajstić information content (AvgIpc) is 2.93. The Labute approximate surface area is 113 Å². The number of rotatable bonds is 5. The molecule has 0 aliphatic rings. The second-order valence-electron chi connectivity index (χ2n) is 3.82. The summed E-state index contributed by atoms with van der Waals surface area (Å²) in [5, 5.41) is 33.7. The minimum Gasteiger partial charge on any atom is -0.481 e. The molecule has 0 saturated heterocycles. The Morgan fingerprint density at radius 1 is 1.55 bits per heavy atom. The van der Waals surface area contributed by atoms with Crippen molar-refractivity contribution in [2.24, 2.45) is 0 Å². The molecule has 0 atom stereocenters. The van der Waals surface area contributed by atoms with Crippen LogP contribution in [0.1, 0.15) is 11.4 Å². The highest BCUT2D eigenvalue weighted by Crippen LogP contribution is 2.13. The lowest BCUT2D eigenvalue weighted by atomic mass is 10.1. The van der Waals surface area contributed by atoms with Crippen LogP contribution in [0.3, 0.4) is 0 Å². The summed E-state index contributed by atoms with van der Waals surface area (Å²) in [7, 11) is 0. The Hall–Kier alpha value is -3.21. The van der Waals surface area contributed by atoms with Gasteiger partial charge in [-0.25, -0.2) is 0 Å². The van der Waals surface area contributed by atoms with Crippen LogP contribution in [0.5, 0.6) is 0 Å². The van der Waals surface area contributed by atoms with E-state index < -0.39 is 5.97 Å². The third-order valence-electron chi connectivity index (χ3n) is 2.37. The van der Waals surface area contributed by atoms with Crippen molar-refractivity contribution in [3.63, 3.8) is 0 Å². The van der Waals surface area contributed by atoms with Crippen LogP contribution in [-0.4, -0.2) is 31.7 Å². The smallest absolute Gasteiger partial charge is 0.307 e. The van der Waals surface area contributed by atoms with Crippen LogP contribution in [0.4, 0.5) is 5.69 Å². The lowest BCUT2D eigenvalue weighted by Crippen LogP contribution is -2.00. The normalized spacial score (nSPS) is 10.8. The molecule has 3 N–H and O–H groups in total. The minimum atomic E-state index is -0.901. The largest absolute Gasteiger partial charge is 0.481 e. The van der Waals surface area contributed by atoms with Crippen molar-refractivity contribution in [2.75, 3.05) is 5.32 Å². The quantitative estimate of drug-likeness (QED) is 0.685. The Kier molecular flexibility index (Phi) is 4.04. The topological polar surface area (TPSA) is 128 Å². The van der Waals surface area contributed by atoms with Crippen LogP contribution in [0.15, 0.2) is 30.5 Å². The molecule has 0 spiro atoms. The van der Waals surface area contributed by atoms with E-state index in [0.29, 0.717) is 11.3 Å². The molecule has 0 aliphatic carbocycles. The molecule has 8 heteroatoms. The number of tetrazole rings is 1. The zero-order valence-corrected chi connectivity index (χ0v) is 10.2. The van der Waals surface area contributed by atoms with E-state index in [1.807, 2.05) is 6.07 Å². The van der Waals surface area contributed by atoms with Crippen LogP contribution in [0.25, 0.3) is 5.57 Å². The van der Waals surface area contributed by atoms with E-state index in [2.05, 4.69) is 25.9 Å². The Balaban J connectivity index is 2.14. The summed E-state index contributed by atoms with van der Waals surface area (Å²) in [5.41, 5.74) is 1.54. The third kappa shape index (κ3) is 3.39. The summed E-state index contributed by atoms with van der Waals surface area (Å²) < 4.78 is 0. The number of nitriles is 1. The molecule has 1 aromatic heterocycles. The van der Waals surface area contributed by atoms with E-state index in [0.717, 1.165) is 0 Å². The summed E-state index contributed by atoms with van der Waals surface area (Å²) in [6.45, 7) is 0. The number of anilines is 1. The lowest BCUT2D eigenvalue weighted by Gasteiger charge is -2.03. The van der Waals surface area contributed by atoms with Crippen molar-refractivity contribution in [3.8, 4) is 6.07 Å². The van der Waals surface area contributed by atoms with E-state index in [4.69, 9.17) is 10.4 Å². The number of carboxylic acid groups (broad SMARTS) is 1. The van der Waals surface area contributed by atoms with Crippen molar-refractivity contribution in [2.45, 2.75) is 6.42 Å². The molecule has 1 aromatic carbocycles. The van der Waals surface area contributed by atoms with Crippen LogP contribution >= 0.6 is 0 Å². The fourth-order valence-corrected chi connectivity index (χ4v) is 1.52. The van der Waals surface area contributed by atoms with Gasteiger partial charge in [0.25, 0.3) is 0 Å². The summed E-state index contributed by atoms with van der Waals surface area (Å²) in [6.07, 6.45) is 1.37. The van der Waals surface area contributed by atoms with Crippen molar-refractivity contribution in [1.29, 1.82) is 5.26 Å². The molecule has 8 nitrogen and oxygen atoms in total. The monoisotopic (exact) mass is 270 g/mol. The van der Waals surface area contributed by atoms with Gasteiger partial charge in [0.1, 0.15) is 11.6 Å². The van der Waals surface area contributed by atoms with Gasteiger partial charge >= 0.3 is 5.97 Å². The van der Waals surface area contributed by atoms with Gasteiger partial charge in [0, 0.05) is 11.9 Å². The maximum absolute atomic E-state index is 10.6. The third-order valence-corrected chi connectivity index (χ3v) is 2.37. The van der Waals surface area contributed by atoms with Crippen LogP contribution in [0, 0.1) is 11.3 Å². The first-order valence-electron chi connectivity index (χ1n) is 5.60. The van der Waals surface area contributed by atoms with Gasteiger partial charge in [-0.2, -0.15) is 10.5 Å².